The molecule has 3 aromatic rings. The molecule has 0 aliphatic heterocycles. The Morgan fingerprint density at radius 1 is 1.04 bits per heavy atom. The average Bonchev–Trinajstić information content (AvgIpc) is 2.60. The molecule has 7 heteroatoms. The molecule has 0 unspecified atom stereocenters. The summed E-state index contributed by atoms with van der Waals surface area (Å²) in [5, 5.41) is 15.7. The van der Waals surface area contributed by atoms with E-state index in [-0.39, 0.29) is 0 Å². The van der Waals surface area contributed by atoms with Crippen LogP contribution in [-0.2, 0) is 6.42 Å². The van der Waals surface area contributed by atoms with Crippen LogP contribution in [0.1, 0.15) is 11.1 Å². The van der Waals surface area contributed by atoms with E-state index in [1.165, 1.54) is 5.56 Å². The van der Waals surface area contributed by atoms with E-state index in [1.807, 2.05) is 49.4 Å². The lowest BCUT2D eigenvalue weighted by molar-refractivity contribution is 0.950. The molecule has 3 rings (SSSR count). The van der Waals surface area contributed by atoms with Crippen LogP contribution < -0.4 is 10.6 Å². The molecule has 25 heavy (non-hydrogen) atoms. The van der Waals surface area contributed by atoms with Crippen molar-refractivity contribution >= 4 is 40.7 Å². The second-order valence-electron chi connectivity index (χ2n) is 5.56. The monoisotopic (exact) mass is 373 g/mol. The Kier molecular flexibility index (Phi) is 5.68. The molecule has 1 aromatic heterocycles. The molecule has 1 heterocycles. The van der Waals surface area contributed by atoms with E-state index in [0.717, 1.165) is 29.2 Å². The average molecular weight is 374 g/mol. The van der Waals surface area contributed by atoms with Gasteiger partial charge in [-0.15, -0.1) is 5.10 Å². The molecule has 0 aliphatic rings. The standard InChI is InChI=1S/C18H17Cl2N5/c1-12-2-7-15(10-16(12)20)23-18-24-17(11-22-25-18)21-9-8-13-3-5-14(19)6-4-13/h2-7,10-11H,8-9H2,1H3,(H2,21,23,24,25). The van der Waals surface area contributed by atoms with Crippen molar-refractivity contribution < 1.29 is 0 Å². The van der Waals surface area contributed by atoms with E-state index in [2.05, 4.69) is 25.8 Å². The molecule has 0 saturated heterocycles. The van der Waals surface area contributed by atoms with Crippen LogP contribution in [0, 0.1) is 6.92 Å². The minimum atomic E-state index is 0.413. The fourth-order valence-corrected chi connectivity index (χ4v) is 2.53. The summed E-state index contributed by atoms with van der Waals surface area (Å²) in [5.41, 5.74) is 3.03. The number of halogens is 2. The van der Waals surface area contributed by atoms with E-state index in [0.29, 0.717) is 16.8 Å². The molecule has 2 aromatic carbocycles. The lowest BCUT2D eigenvalue weighted by atomic mass is 10.1. The molecule has 0 bridgehead atoms. The van der Waals surface area contributed by atoms with E-state index in [9.17, 15) is 0 Å². The first-order valence-corrected chi connectivity index (χ1v) is 8.57. The summed E-state index contributed by atoms with van der Waals surface area (Å²) in [6.45, 7) is 2.69. The SMILES string of the molecule is Cc1ccc(Nc2nncc(NCCc3ccc(Cl)cc3)n2)cc1Cl. The van der Waals surface area contributed by atoms with Gasteiger partial charge in [-0.05, 0) is 48.7 Å². The molecule has 2 N–H and O–H groups in total. The van der Waals surface area contributed by atoms with Crippen LogP contribution in [0.3, 0.4) is 0 Å². The summed E-state index contributed by atoms with van der Waals surface area (Å²) in [6.07, 6.45) is 2.45. The van der Waals surface area contributed by atoms with Gasteiger partial charge in [0, 0.05) is 22.3 Å². The van der Waals surface area contributed by atoms with E-state index in [1.54, 1.807) is 6.20 Å². The quantitative estimate of drug-likeness (QED) is 0.644. The summed E-state index contributed by atoms with van der Waals surface area (Å²) in [7, 11) is 0. The number of hydrogen-bond donors (Lipinski definition) is 2. The molecule has 0 atom stereocenters. The van der Waals surface area contributed by atoms with Crippen molar-refractivity contribution in [3.05, 3.63) is 69.8 Å². The van der Waals surface area contributed by atoms with Gasteiger partial charge in [0.15, 0.2) is 5.82 Å². The smallest absolute Gasteiger partial charge is 0.249 e. The summed E-state index contributed by atoms with van der Waals surface area (Å²) in [4.78, 5) is 4.41. The molecule has 128 valence electrons. The van der Waals surface area contributed by atoms with Crippen molar-refractivity contribution in [2.45, 2.75) is 13.3 Å². The van der Waals surface area contributed by atoms with Crippen molar-refractivity contribution in [3.63, 3.8) is 0 Å². The number of benzene rings is 2. The molecule has 0 radical (unpaired) electrons. The number of nitrogens with one attached hydrogen (secondary N) is 2. The predicted molar refractivity (Wildman–Crippen MR) is 103 cm³/mol. The Morgan fingerprint density at radius 3 is 2.60 bits per heavy atom. The second kappa shape index (κ2) is 8.14. The summed E-state index contributed by atoms with van der Waals surface area (Å²) in [5.74, 6) is 1.07. The lowest BCUT2D eigenvalue weighted by Crippen LogP contribution is -2.08. The van der Waals surface area contributed by atoms with Gasteiger partial charge >= 0.3 is 0 Å². The summed E-state index contributed by atoms with van der Waals surface area (Å²) < 4.78 is 0. The largest absolute Gasteiger partial charge is 0.368 e. The van der Waals surface area contributed by atoms with Crippen LogP contribution in [0.2, 0.25) is 10.0 Å². The van der Waals surface area contributed by atoms with Crippen molar-refractivity contribution in [2.24, 2.45) is 0 Å². The van der Waals surface area contributed by atoms with Gasteiger partial charge in [-0.25, -0.2) is 0 Å². The first-order valence-electron chi connectivity index (χ1n) is 7.81. The van der Waals surface area contributed by atoms with Crippen molar-refractivity contribution in [3.8, 4) is 0 Å². The maximum atomic E-state index is 6.13. The maximum absolute atomic E-state index is 6.13. The second-order valence-corrected chi connectivity index (χ2v) is 6.40. The number of anilines is 3. The van der Waals surface area contributed by atoms with Crippen LogP contribution >= 0.6 is 23.2 Å². The topological polar surface area (TPSA) is 62.7 Å². The number of aryl methyl sites for hydroxylation is 1. The Morgan fingerprint density at radius 2 is 1.84 bits per heavy atom. The third kappa shape index (κ3) is 5.05. The van der Waals surface area contributed by atoms with Crippen molar-refractivity contribution in [1.29, 1.82) is 0 Å². The Hall–Kier alpha value is -2.37. The van der Waals surface area contributed by atoms with Crippen LogP contribution in [0.15, 0.2) is 48.7 Å². The normalized spacial score (nSPS) is 10.5. The van der Waals surface area contributed by atoms with Crippen LogP contribution in [-0.4, -0.2) is 21.7 Å². The molecular formula is C18H17Cl2N5. The highest BCUT2D eigenvalue weighted by Crippen LogP contribution is 2.22. The molecule has 0 aliphatic carbocycles. The first-order chi connectivity index (χ1) is 12.1. The third-order valence-corrected chi connectivity index (χ3v) is 4.28. The van der Waals surface area contributed by atoms with E-state index in [4.69, 9.17) is 23.2 Å². The third-order valence-electron chi connectivity index (χ3n) is 3.62. The highest BCUT2D eigenvalue weighted by Gasteiger charge is 2.03. The predicted octanol–water partition coefficient (Wildman–Crippen LogP) is 4.89. The Bertz CT molecular complexity index is 852. The number of nitrogens with zero attached hydrogens (tertiary/aromatic N) is 3. The number of aromatic nitrogens is 3. The van der Waals surface area contributed by atoms with Crippen LogP contribution in [0.4, 0.5) is 17.5 Å². The lowest BCUT2D eigenvalue weighted by Gasteiger charge is -2.08. The van der Waals surface area contributed by atoms with Crippen LogP contribution in [0.5, 0.6) is 0 Å². The molecule has 0 spiro atoms. The molecule has 0 amide bonds. The Labute approximate surface area is 156 Å². The number of rotatable bonds is 6. The van der Waals surface area contributed by atoms with Gasteiger partial charge in [0.25, 0.3) is 0 Å². The fraction of sp³-hybridized carbons (Fsp3) is 0.167. The van der Waals surface area contributed by atoms with Crippen molar-refractivity contribution in [1.82, 2.24) is 15.2 Å². The first kappa shape index (κ1) is 17.5. The molecule has 5 nitrogen and oxygen atoms in total. The zero-order valence-electron chi connectivity index (χ0n) is 13.6. The van der Waals surface area contributed by atoms with Gasteiger partial charge in [0.2, 0.25) is 5.95 Å². The highest BCUT2D eigenvalue weighted by molar-refractivity contribution is 6.31. The number of hydrogen-bond acceptors (Lipinski definition) is 5. The van der Waals surface area contributed by atoms with E-state index >= 15 is 0 Å². The Balaban J connectivity index is 1.59. The summed E-state index contributed by atoms with van der Waals surface area (Å²) in [6, 6.07) is 13.5. The van der Waals surface area contributed by atoms with Gasteiger partial charge in [0.1, 0.15) is 0 Å². The fourth-order valence-electron chi connectivity index (χ4n) is 2.23. The molecule has 0 saturated carbocycles. The minimum Gasteiger partial charge on any atom is -0.368 e. The van der Waals surface area contributed by atoms with Gasteiger partial charge in [-0.3, -0.25) is 0 Å². The highest BCUT2D eigenvalue weighted by atomic mass is 35.5. The van der Waals surface area contributed by atoms with E-state index < -0.39 is 0 Å². The van der Waals surface area contributed by atoms with Gasteiger partial charge in [-0.2, -0.15) is 10.1 Å². The summed E-state index contributed by atoms with van der Waals surface area (Å²) >= 11 is 12.0. The van der Waals surface area contributed by atoms with Crippen molar-refractivity contribution in [2.75, 3.05) is 17.2 Å². The zero-order chi connectivity index (χ0) is 17.6. The zero-order valence-corrected chi connectivity index (χ0v) is 15.1. The maximum Gasteiger partial charge on any atom is 0.249 e. The molecule has 0 fully saturated rings. The van der Waals surface area contributed by atoms with Gasteiger partial charge < -0.3 is 10.6 Å². The minimum absolute atomic E-state index is 0.413. The van der Waals surface area contributed by atoms with Gasteiger partial charge in [0.05, 0.1) is 6.20 Å². The van der Waals surface area contributed by atoms with Gasteiger partial charge in [-0.1, -0.05) is 41.4 Å². The molecular weight excluding hydrogens is 357 g/mol. The van der Waals surface area contributed by atoms with Crippen LogP contribution in [0.25, 0.3) is 0 Å².